The number of aromatic nitrogens is 1. The van der Waals surface area contributed by atoms with Crippen LogP contribution in [0.3, 0.4) is 0 Å². The van der Waals surface area contributed by atoms with Gasteiger partial charge in [0.05, 0.1) is 5.39 Å². The van der Waals surface area contributed by atoms with Crippen LogP contribution in [0.25, 0.3) is 38.9 Å². The van der Waals surface area contributed by atoms with Gasteiger partial charge < -0.3 is 0 Å². The molecule has 23 heavy (non-hydrogen) atoms. The second-order valence-corrected chi connectivity index (χ2v) is 5.88. The van der Waals surface area contributed by atoms with Crippen LogP contribution in [0.2, 0.25) is 0 Å². The summed E-state index contributed by atoms with van der Waals surface area (Å²) in [6.07, 6.45) is 3.92. The van der Waals surface area contributed by atoms with Crippen LogP contribution in [0.1, 0.15) is 11.1 Å². The van der Waals surface area contributed by atoms with Crippen molar-refractivity contribution in [3.63, 3.8) is 0 Å². The highest BCUT2D eigenvalue weighted by Crippen LogP contribution is 2.31. The summed E-state index contributed by atoms with van der Waals surface area (Å²) in [6.45, 7) is 6.00. The third-order valence-corrected chi connectivity index (χ3v) is 4.47. The first kappa shape index (κ1) is 13.7. The average Bonchev–Trinajstić information content (AvgIpc) is 2.61. The van der Waals surface area contributed by atoms with Crippen LogP contribution < -0.4 is 4.98 Å². The molecular formula is C22H18N+. The topological polar surface area (TPSA) is 14.1 Å². The van der Waals surface area contributed by atoms with Crippen molar-refractivity contribution in [1.29, 1.82) is 0 Å². The van der Waals surface area contributed by atoms with E-state index < -0.39 is 0 Å². The van der Waals surface area contributed by atoms with E-state index in [1.54, 1.807) is 0 Å². The number of aromatic amines is 1. The molecule has 1 heterocycles. The Hall–Kier alpha value is -2.93. The van der Waals surface area contributed by atoms with E-state index in [4.69, 9.17) is 0 Å². The average molecular weight is 296 g/mol. The van der Waals surface area contributed by atoms with Crippen LogP contribution in [0.4, 0.5) is 0 Å². The van der Waals surface area contributed by atoms with E-state index in [9.17, 15) is 0 Å². The lowest BCUT2D eigenvalue weighted by molar-refractivity contribution is -0.362. The highest BCUT2D eigenvalue weighted by molar-refractivity contribution is 6.10. The quantitative estimate of drug-likeness (QED) is 0.438. The highest BCUT2D eigenvalue weighted by Gasteiger charge is 2.14. The van der Waals surface area contributed by atoms with E-state index >= 15 is 0 Å². The minimum Gasteiger partial charge on any atom is -0.211 e. The van der Waals surface area contributed by atoms with Crippen LogP contribution in [-0.2, 0) is 0 Å². The van der Waals surface area contributed by atoms with Gasteiger partial charge in [0.1, 0.15) is 0 Å². The summed E-state index contributed by atoms with van der Waals surface area (Å²) in [5.74, 6) is 0. The fourth-order valence-corrected chi connectivity index (χ4v) is 3.30. The van der Waals surface area contributed by atoms with Gasteiger partial charge in [-0.2, -0.15) is 0 Å². The zero-order valence-corrected chi connectivity index (χ0v) is 13.1. The van der Waals surface area contributed by atoms with E-state index in [1.807, 2.05) is 12.3 Å². The lowest BCUT2D eigenvalue weighted by Gasteiger charge is -2.07. The second kappa shape index (κ2) is 5.36. The fourth-order valence-electron chi connectivity index (χ4n) is 3.30. The van der Waals surface area contributed by atoms with Crippen molar-refractivity contribution in [3.05, 3.63) is 84.6 Å². The predicted octanol–water partition coefficient (Wildman–Crippen LogP) is 5.43. The Morgan fingerprint density at radius 1 is 0.870 bits per heavy atom. The summed E-state index contributed by atoms with van der Waals surface area (Å²) >= 11 is 0. The van der Waals surface area contributed by atoms with Gasteiger partial charge >= 0.3 is 0 Å². The van der Waals surface area contributed by atoms with Crippen LogP contribution in [0, 0.1) is 6.92 Å². The molecule has 0 saturated heterocycles. The smallest absolute Gasteiger partial charge is 0.211 e. The number of hydrogen-bond acceptors (Lipinski definition) is 0. The van der Waals surface area contributed by atoms with E-state index in [0.29, 0.717) is 0 Å². The molecule has 0 fully saturated rings. The third-order valence-electron chi connectivity index (χ3n) is 4.47. The van der Waals surface area contributed by atoms with Crippen molar-refractivity contribution in [1.82, 2.24) is 0 Å². The SMILES string of the molecule is C=Cc1ccc(-c2[nH+]ccc3c2ccc2ccccc23)c(C)c1. The standard InChI is InChI=1S/C22H17N/c1-3-16-8-10-18(15(2)14-16)22-21-11-9-17-6-4-5-7-19(17)20(21)12-13-23-22/h3-14H,1H2,2H3/p+1. The van der Waals surface area contributed by atoms with Crippen molar-refractivity contribution >= 4 is 27.6 Å². The molecule has 4 aromatic rings. The van der Waals surface area contributed by atoms with Crippen LogP contribution in [0.5, 0.6) is 0 Å². The molecule has 0 aliphatic carbocycles. The molecular weight excluding hydrogens is 278 g/mol. The van der Waals surface area contributed by atoms with Crippen molar-refractivity contribution in [2.24, 2.45) is 0 Å². The number of hydrogen-bond donors (Lipinski definition) is 0. The summed E-state index contributed by atoms with van der Waals surface area (Å²) in [5.41, 5.74) is 4.80. The Balaban J connectivity index is 2.05. The Bertz CT molecular complexity index is 1040. The molecule has 0 atom stereocenters. The number of benzene rings is 3. The van der Waals surface area contributed by atoms with Gasteiger partial charge in [0.25, 0.3) is 0 Å². The number of H-pyrrole nitrogens is 1. The van der Waals surface area contributed by atoms with E-state index in [-0.39, 0.29) is 0 Å². The maximum atomic E-state index is 3.85. The molecule has 3 aromatic carbocycles. The molecule has 0 aliphatic rings. The summed E-state index contributed by atoms with van der Waals surface area (Å²) in [4.78, 5) is 3.44. The van der Waals surface area contributed by atoms with E-state index in [1.165, 1.54) is 38.4 Å². The molecule has 4 rings (SSSR count). The normalized spacial score (nSPS) is 11.0. The van der Waals surface area contributed by atoms with Crippen molar-refractivity contribution < 1.29 is 4.98 Å². The largest absolute Gasteiger partial charge is 0.218 e. The maximum absolute atomic E-state index is 3.85. The monoisotopic (exact) mass is 296 g/mol. The number of fused-ring (bicyclic) bond motifs is 3. The van der Waals surface area contributed by atoms with E-state index in [2.05, 4.69) is 79.2 Å². The van der Waals surface area contributed by atoms with Crippen molar-refractivity contribution in [2.45, 2.75) is 6.92 Å². The second-order valence-electron chi connectivity index (χ2n) is 5.88. The number of aryl methyl sites for hydroxylation is 1. The molecule has 1 N–H and O–H groups in total. The van der Waals surface area contributed by atoms with Crippen LogP contribution in [0.15, 0.2) is 73.4 Å². The third kappa shape index (κ3) is 2.22. The first-order valence-corrected chi connectivity index (χ1v) is 7.83. The van der Waals surface area contributed by atoms with E-state index in [0.717, 1.165) is 5.56 Å². The minimum absolute atomic E-state index is 1.15. The first-order valence-electron chi connectivity index (χ1n) is 7.83. The van der Waals surface area contributed by atoms with Crippen LogP contribution >= 0.6 is 0 Å². The molecule has 1 nitrogen and oxygen atoms in total. The predicted molar refractivity (Wildman–Crippen MR) is 98.3 cm³/mol. The first-order chi connectivity index (χ1) is 11.3. The Morgan fingerprint density at radius 2 is 1.74 bits per heavy atom. The summed E-state index contributed by atoms with van der Waals surface area (Å²) in [5, 5.41) is 5.10. The molecule has 110 valence electrons. The van der Waals surface area contributed by atoms with Crippen molar-refractivity contribution in [2.75, 3.05) is 0 Å². The Labute approximate surface area is 135 Å². The fraction of sp³-hybridized carbons (Fsp3) is 0.0455. The molecule has 0 amide bonds. The molecule has 0 saturated carbocycles. The molecule has 0 spiro atoms. The number of nitrogens with one attached hydrogen (secondary N) is 1. The van der Waals surface area contributed by atoms with Gasteiger partial charge in [-0.1, -0.05) is 55.1 Å². The number of rotatable bonds is 2. The highest BCUT2D eigenvalue weighted by atomic mass is 14.7. The number of pyridine rings is 1. The Kier molecular flexibility index (Phi) is 3.20. The molecule has 1 heteroatoms. The zero-order valence-electron chi connectivity index (χ0n) is 13.1. The van der Waals surface area contributed by atoms with Gasteiger partial charge in [-0.25, -0.2) is 4.98 Å². The van der Waals surface area contributed by atoms with Gasteiger partial charge in [-0.15, -0.1) is 0 Å². The Morgan fingerprint density at radius 3 is 2.57 bits per heavy atom. The maximum Gasteiger partial charge on any atom is 0.218 e. The molecule has 0 radical (unpaired) electrons. The summed E-state index contributed by atoms with van der Waals surface area (Å²) < 4.78 is 0. The molecule has 0 aliphatic heterocycles. The zero-order chi connectivity index (χ0) is 15.8. The van der Waals surface area contributed by atoms with Gasteiger partial charge in [0.2, 0.25) is 5.69 Å². The molecule has 0 unspecified atom stereocenters. The molecule has 0 bridgehead atoms. The lowest BCUT2D eigenvalue weighted by atomic mass is 9.96. The van der Waals surface area contributed by atoms with Gasteiger partial charge in [0, 0.05) is 17.0 Å². The summed E-state index contributed by atoms with van der Waals surface area (Å²) in [6, 6.07) is 21.6. The molecule has 1 aromatic heterocycles. The lowest BCUT2D eigenvalue weighted by Crippen LogP contribution is -2.07. The van der Waals surface area contributed by atoms with Crippen molar-refractivity contribution in [3.8, 4) is 11.3 Å². The summed E-state index contributed by atoms with van der Waals surface area (Å²) in [7, 11) is 0. The van der Waals surface area contributed by atoms with Gasteiger partial charge in [-0.05, 0) is 41.0 Å². The van der Waals surface area contributed by atoms with Crippen LogP contribution in [-0.4, -0.2) is 0 Å². The van der Waals surface area contributed by atoms with Gasteiger partial charge in [0.15, 0.2) is 6.20 Å². The minimum atomic E-state index is 1.15. The van der Waals surface area contributed by atoms with Gasteiger partial charge in [-0.3, -0.25) is 0 Å².